The van der Waals surface area contributed by atoms with Gasteiger partial charge < -0.3 is 15.3 Å². The first-order valence-electron chi connectivity index (χ1n) is 7.08. The van der Waals surface area contributed by atoms with E-state index in [0.717, 1.165) is 37.3 Å². The Kier molecular flexibility index (Phi) is 4.48. The molecule has 104 valence electrons. The Balaban J connectivity index is 2.15. The number of hydrogen-bond acceptors (Lipinski definition) is 3. The molecule has 1 aliphatic heterocycles. The standard InChI is InChI=1S/C16H24N2O/c1-4-17-13(3)15-6-5-14(11-16(15)19)18-9-7-12(2)8-10-18/h5-7,11,13,17,19H,4,8-10H2,1-3H3. The number of phenolic OH excluding ortho intramolecular Hbond substituents is 1. The highest BCUT2D eigenvalue weighted by Crippen LogP contribution is 2.30. The van der Waals surface area contributed by atoms with Gasteiger partial charge in [0.15, 0.2) is 0 Å². The summed E-state index contributed by atoms with van der Waals surface area (Å²) >= 11 is 0. The van der Waals surface area contributed by atoms with Gasteiger partial charge in [-0.3, -0.25) is 0 Å². The molecule has 0 amide bonds. The normalized spacial score (nSPS) is 17.2. The molecule has 1 aliphatic rings. The topological polar surface area (TPSA) is 35.5 Å². The van der Waals surface area contributed by atoms with Gasteiger partial charge in [-0.2, -0.15) is 0 Å². The lowest BCUT2D eigenvalue weighted by molar-refractivity contribution is 0.454. The number of anilines is 1. The summed E-state index contributed by atoms with van der Waals surface area (Å²) in [5.74, 6) is 0.386. The highest BCUT2D eigenvalue weighted by atomic mass is 16.3. The van der Waals surface area contributed by atoms with Crippen molar-refractivity contribution in [1.82, 2.24) is 5.32 Å². The molecule has 19 heavy (non-hydrogen) atoms. The van der Waals surface area contributed by atoms with E-state index in [1.807, 2.05) is 12.1 Å². The second-order valence-electron chi connectivity index (χ2n) is 5.27. The van der Waals surface area contributed by atoms with Crippen molar-refractivity contribution in [2.24, 2.45) is 0 Å². The van der Waals surface area contributed by atoms with E-state index in [2.05, 4.69) is 43.1 Å². The summed E-state index contributed by atoms with van der Waals surface area (Å²) in [4.78, 5) is 2.30. The Hall–Kier alpha value is -1.48. The van der Waals surface area contributed by atoms with E-state index < -0.39 is 0 Å². The average molecular weight is 260 g/mol. The molecule has 1 aromatic carbocycles. The van der Waals surface area contributed by atoms with E-state index >= 15 is 0 Å². The van der Waals surface area contributed by atoms with Crippen LogP contribution < -0.4 is 10.2 Å². The third-order valence-corrected chi connectivity index (χ3v) is 3.79. The van der Waals surface area contributed by atoms with Crippen molar-refractivity contribution in [3.05, 3.63) is 35.4 Å². The Labute approximate surface area is 115 Å². The number of hydrogen-bond donors (Lipinski definition) is 2. The number of nitrogens with one attached hydrogen (secondary N) is 1. The quantitative estimate of drug-likeness (QED) is 0.816. The van der Waals surface area contributed by atoms with Crippen LogP contribution in [0.1, 0.15) is 38.8 Å². The molecular formula is C16H24N2O. The summed E-state index contributed by atoms with van der Waals surface area (Å²) in [6.07, 6.45) is 3.37. The zero-order valence-electron chi connectivity index (χ0n) is 12.1. The third kappa shape index (κ3) is 3.29. The number of aromatic hydroxyl groups is 1. The summed E-state index contributed by atoms with van der Waals surface area (Å²) in [5.41, 5.74) is 3.53. The van der Waals surface area contributed by atoms with Crippen LogP contribution in [0.4, 0.5) is 5.69 Å². The fourth-order valence-electron chi connectivity index (χ4n) is 2.52. The van der Waals surface area contributed by atoms with Crippen LogP contribution in [0, 0.1) is 0 Å². The molecule has 0 saturated heterocycles. The molecule has 1 atom stereocenters. The lowest BCUT2D eigenvalue weighted by Gasteiger charge is -2.28. The molecule has 0 radical (unpaired) electrons. The Morgan fingerprint density at radius 3 is 2.79 bits per heavy atom. The smallest absolute Gasteiger partial charge is 0.122 e. The summed E-state index contributed by atoms with van der Waals surface area (Å²) in [6, 6.07) is 6.21. The molecule has 1 heterocycles. The van der Waals surface area contributed by atoms with Gasteiger partial charge in [0.25, 0.3) is 0 Å². The summed E-state index contributed by atoms with van der Waals surface area (Å²) < 4.78 is 0. The van der Waals surface area contributed by atoms with Gasteiger partial charge in [-0.05, 0) is 32.9 Å². The second-order valence-corrected chi connectivity index (χ2v) is 5.27. The molecule has 0 bridgehead atoms. The molecule has 2 rings (SSSR count). The van der Waals surface area contributed by atoms with E-state index in [0.29, 0.717) is 5.75 Å². The van der Waals surface area contributed by atoms with Crippen molar-refractivity contribution < 1.29 is 5.11 Å². The van der Waals surface area contributed by atoms with Gasteiger partial charge in [-0.15, -0.1) is 0 Å². The lowest BCUT2D eigenvalue weighted by atomic mass is 10.0. The zero-order valence-corrected chi connectivity index (χ0v) is 12.1. The van der Waals surface area contributed by atoms with Crippen LogP contribution in [-0.2, 0) is 0 Å². The number of nitrogens with zero attached hydrogens (tertiary/aromatic N) is 1. The van der Waals surface area contributed by atoms with Crippen molar-refractivity contribution in [1.29, 1.82) is 0 Å². The van der Waals surface area contributed by atoms with Crippen LogP contribution in [-0.4, -0.2) is 24.7 Å². The van der Waals surface area contributed by atoms with Gasteiger partial charge in [0, 0.05) is 36.4 Å². The number of benzene rings is 1. The van der Waals surface area contributed by atoms with E-state index in [1.54, 1.807) is 0 Å². The van der Waals surface area contributed by atoms with E-state index in [4.69, 9.17) is 0 Å². The number of rotatable bonds is 4. The predicted molar refractivity (Wildman–Crippen MR) is 80.8 cm³/mol. The molecular weight excluding hydrogens is 236 g/mol. The SMILES string of the molecule is CCNC(C)c1ccc(N2CC=C(C)CC2)cc1O. The van der Waals surface area contributed by atoms with E-state index in [1.165, 1.54) is 5.57 Å². The van der Waals surface area contributed by atoms with Gasteiger partial charge in [-0.25, -0.2) is 0 Å². The number of phenols is 1. The fourth-order valence-corrected chi connectivity index (χ4v) is 2.52. The molecule has 2 N–H and O–H groups in total. The molecule has 1 unspecified atom stereocenters. The first-order valence-corrected chi connectivity index (χ1v) is 7.08. The van der Waals surface area contributed by atoms with Crippen molar-refractivity contribution >= 4 is 5.69 Å². The van der Waals surface area contributed by atoms with E-state index in [9.17, 15) is 5.11 Å². The maximum absolute atomic E-state index is 10.2. The van der Waals surface area contributed by atoms with Crippen LogP contribution in [0.5, 0.6) is 5.75 Å². The average Bonchev–Trinajstić information content (AvgIpc) is 2.39. The predicted octanol–water partition coefficient (Wildman–Crippen LogP) is 3.22. The third-order valence-electron chi connectivity index (χ3n) is 3.79. The van der Waals surface area contributed by atoms with Crippen LogP contribution in [0.25, 0.3) is 0 Å². The Morgan fingerprint density at radius 1 is 1.42 bits per heavy atom. The van der Waals surface area contributed by atoms with Crippen LogP contribution in [0.2, 0.25) is 0 Å². The Morgan fingerprint density at radius 2 is 2.21 bits per heavy atom. The van der Waals surface area contributed by atoms with Gasteiger partial charge in [0.1, 0.15) is 5.75 Å². The highest BCUT2D eigenvalue weighted by molar-refractivity contribution is 5.55. The molecule has 3 heteroatoms. The molecule has 0 aliphatic carbocycles. The minimum atomic E-state index is 0.183. The minimum absolute atomic E-state index is 0.183. The van der Waals surface area contributed by atoms with Crippen molar-refractivity contribution in [2.75, 3.05) is 24.5 Å². The fraction of sp³-hybridized carbons (Fsp3) is 0.500. The molecule has 0 fully saturated rings. The monoisotopic (exact) mass is 260 g/mol. The molecule has 0 aromatic heterocycles. The van der Waals surface area contributed by atoms with E-state index in [-0.39, 0.29) is 6.04 Å². The molecule has 1 aromatic rings. The van der Waals surface area contributed by atoms with Gasteiger partial charge in [0.2, 0.25) is 0 Å². The highest BCUT2D eigenvalue weighted by Gasteiger charge is 2.14. The molecule has 0 saturated carbocycles. The van der Waals surface area contributed by atoms with Crippen molar-refractivity contribution in [3.63, 3.8) is 0 Å². The summed E-state index contributed by atoms with van der Waals surface area (Å²) in [6.45, 7) is 9.20. The van der Waals surface area contributed by atoms with Crippen molar-refractivity contribution in [2.45, 2.75) is 33.2 Å². The molecule has 3 nitrogen and oxygen atoms in total. The minimum Gasteiger partial charge on any atom is -0.508 e. The maximum Gasteiger partial charge on any atom is 0.122 e. The van der Waals surface area contributed by atoms with Gasteiger partial charge >= 0.3 is 0 Å². The lowest BCUT2D eigenvalue weighted by Crippen LogP contribution is -2.28. The summed E-state index contributed by atoms with van der Waals surface area (Å²) in [7, 11) is 0. The maximum atomic E-state index is 10.2. The first-order chi connectivity index (χ1) is 9.11. The zero-order chi connectivity index (χ0) is 13.8. The molecule has 0 spiro atoms. The first kappa shape index (κ1) is 13.9. The second kappa shape index (κ2) is 6.11. The van der Waals surface area contributed by atoms with Gasteiger partial charge in [-0.1, -0.05) is 24.6 Å². The van der Waals surface area contributed by atoms with Crippen LogP contribution in [0.15, 0.2) is 29.8 Å². The van der Waals surface area contributed by atoms with Crippen LogP contribution in [0.3, 0.4) is 0 Å². The van der Waals surface area contributed by atoms with Crippen LogP contribution >= 0.6 is 0 Å². The Bertz CT molecular complexity index is 468. The van der Waals surface area contributed by atoms with Gasteiger partial charge in [0.05, 0.1) is 0 Å². The summed E-state index contributed by atoms with van der Waals surface area (Å²) in [5, 5.41) is 13.5. The van der Waals surface area contributed by atoms with Crippen molar-refractivity contribution in [3.8, 4) is 5.75 Å². The largest absolute Gasteiger partial charge is 0.508 e.